The average molecular weight is 417 g/mol. The number of esters is 1. The number of rotatable bonds is 4. The number of nitrogens with zero attached hydrogens (tertiary/aromatic N) is 1. The number of methoxy groups -OCH3 is 1. The van der Waals surface area contributed by atoms with Crippen LogP contribution in [0, 0.1) is 0 Å². The molecule has 0 saturated heterocycles. The molecule has 0 bridgehead atoms. The lowest BCUT2D eigenvalue weighted by Crippen LogP contribution is -2.01. The zero-order valence-corrected chi connectivity index (χ0v) is 14.6. The Morgan fingerprint density at radius 3 is 2.70 bits per heavy atom. The molecule has 0 atom stereocenters. The number of thioether (sulfide) groups is 1. The maximum absolute atomic E-state index is 11.4. The summed E-state index contributed by atoms with van der Waals surface area (Å²) in [4.78, 5) is 15.7. The maximum atomic E-state index is 11.4. The van der Waals surface area contributed by atoms with E-state index in [9.17, 15) is 4.79 Å². The molecule has 1 aromatic heterocycles. The van der Waals surface area contributed by atoms with Gasteiger partial charge in [0.05, 0.1) is 17.7 Å². The predicted octanol–water partition coefficient (Wildman–Crippen LogP) is 4.69. The number of aromatic nitrogens is 1. The minimum atomic E-state index is -0.334. The van der Waals surface area contributed by atoms with E-state index >= 15 is 0 Å². The van der Waals surface area contributed by atoms with Gasteiger partial charge in [0, 0.05) is 20.9 Å². The number of halogens is 2. The summed E-state index contributed by atoms with van der Waals surface area (Å²) in [5, 5.41) is 0.956. The first-order valence-corrected chi connectivity index (χ1v) is 8.28. The molecule has 2 rings (SSSR count). The second-order valence-corrected chi connectivity index (χ2v) is 6.67. The molecule has 0 aliphatic heterocycles. The fourth-order valence-electron chi connectivity index (χ4n) is 1.51. The second-order valence-electron chi connectivity index (χ2n) is 3.90. The Hall–Kier alpha value is -0.850. The highest BCUT2D eigenvalue weighted by molar-refractivity contribution is 9.10. The average Bonchev–Trinajstić information content (AvgIpc) is 2.46. The molecule has 0 saturated carbocycles. The summed E-state index contributed by atoms with van der Waals surface area (Å²) in [6.45, 7) is 0. The van der Waals surface area contributed by atoms with Gasteiger partial charge in [0.15, 0.2) is 0 Å². The third-order valence-corrected chi connectivity index (χ3v) is 4.75. The van der Waals surface area contributed by atoms with Crippen LogP contribution in [-0.2, 0) is 10.5 Å². The van der Waals surface area contributed by atoms with Crippen LogP contribution in [0.15, 0.2) is 50.5 Å². The van der Waals surface area contributed by atoms with Crippen LogP contribution in [0.2, 0.25) is 0 Å². The molecule has 0 aliphatic carbocycles. The monoisotopic (exact) mass is 415 g/mol. The number of carbonyl (C=O) groups excluding carboxylic acids is 1. The smallest absolute Gasteiger partial charge is 0.337 e. The Morgan fingerprint density at radius 2 is 2.10 bits per heavy atom. The summed E-state index contributed by atoms with van der Waals surface area (Å²) < 4.78 is 6.55. The van der Waals surface area contributed by atoms with Crippen molar-refractivity contribution in [3.05, 3.63) is 56.6 Å². The van der Waals surface area contributed by atoms with Gasteiger partial charge in [-0.15, -0.1) is 11.8 Å². The zero-order valence-electron chi connectivity index (χ0n) is 10.6. The van der Waals surface area contributed by atoms with Crippen LogP contribution in [0.1, 0.15) is 15.9 Å². The Balaban J connectivity index is 2.06. The summed E-state index contributed by atoms with van der Waals surface area (Å²) in [5.41, 5.74) is 1.64. The van der Waals surface area contributed by atoms with E-state index in [0.29, 0.717) is 5.56 Å². The van der Waals surface area contributed by atoms with Crippen LogP contribution in [-0.4, -0.2) is 18.1 Å². The van der Waals surface area contributed by atoms with Gasteiger partial charge in [-0.1, -0.05) is 22.0 Å². The predicted molar refractivity (Wildman–Crippen MR) is 87.0 cm³/mol. The van der Waals surface area contributed by atoms with Crippen LogP contribution in [0.5, 0.6) is 0 Å². The molecule has 2 aromatic rings. The van der Waals surface area contributed by atoms with Crippen molar-refractivity contribution in [2.24, 2.45) is 0 Å². The molecule has 3 nitrogen and oxygen atoms in total. The topological polar surface area (TPSA) is 39.2 Å². The number of hydrogen-bond acceptors (Lipinski definition) is 4. The number of hydrogen-bond donors (Lipinski definition) is 0. The SMILES string of the molecule is COC(=O)c1ccc(CSc2ccc(Br)cn2)c(Br)c1. The van der Waals surface area contributed by atoms with Gasteiger partial charge in [0.2, 0.25) is 0 Å². The maximum Gasteiger partial charge on any atom is 0.337 e. The lowest BCUT2D eigenvalue weighted by molar-refractivity contribution is 0.0600. The third-order valence-electron chi connectivity index (χ3n) is 2.55. The molecule has 0 aliphatic rings. The second kappa shape index (κ2) is 7.24. The van der Waals surface area contributed by atoms with E-state index < -0.39 is 0 Å². The van der Waals surface area contributed by atoms with Gasteiger partial charge in [0.25, 0.3) is 0 Å². The molecule has 0 fully saturated rings. The number of carbonyl (C=O) groups is 1. The molecule has 0 radical (unpaired) electrons. The van der Waals surface area contributed by atoms with E-state index in [4.69, 9.17) is 4.74 Å². The summed E-state index contributed by atoms with van der Waals surface area (Å²) in [6.07, 6.45) is 1.78. The van der Waals surface area contributed by atoms with Crippen LogP contribution >= 0.6 is 43.6 Å². The van der Waals surface area contributed by atoms with Gasteiger partial charge in [-0.25, -0.2) is 9.78 Å². The molecule has 20 heavy (non-hydrogen) atoms. The van der Waals surface area contributed by atoms with Crippen LogP contribution in [0.3, 0.4) is 0 Å². The van der Waals surface area contributed by atoms with Crippen LogP contribution < -0.4 is 0 Å². The van der Waals surface area contributed by atoms with Crippen molar-refractivity contribution in [1.29, 1.82) is 0 Å². The molecule has 0 N–H and O–H groups in total. The van der Waals surface area contributed by atoms with Crippen LogP contribution in [0.25, 0.3) is 0 Å². The minimum Gasteiger partial charge on any atom is -0.465 e. The minimum absolute atomic E-state index is 0.334. The van der Waals surface area contributed by atoms with Gasteiger partial charge >= 0.3 is 5.97 Å². The quantitative estimate of drug-likeness (QED) is 0.535. The fraction of sp³-hybridized carbons (Fsp3) is 0.143. The first-order valence-electron chi connectivity index (χ1n) is 5.71. The van der Waals surface area contributed by atoms with E-state index in [-0.39, 0.29) is 5.97 Å². The summed E-state index contributed by atoms with van der Waals surface area (Å²) in [7, 11) is 1.37. The standard InChI is InChI=1S/C14H11Br2NO2S/c1-19-14(18)9-2-3-10(12(16)6-9)8-20-13-5-4-11(15)7-17-13/h2-7H,8H2,1H3. The first kappa shape index (κ1) is 15.5. The van der Waals surface area contributed by atoms with E-state index in [2.05, 4.69) is 36.8 Å². The van der Waals surface area contributed by atoms with E-state index in [1.807, 2.05) is 18.2 Å². The van der Waals surface area contributed by atoms with Crippen molar-refractivity contribution in [3.8, 4) is 0 Å². The molecule has 0 unspecified atom stereocenters. The molecule has 104 valence electrons. The van der Waals surface area contributed by atoms with E-state index in [1.165, 1.54) is 7.11 Å². The number of ether oxygens (including phenoxy) is 1. The van der Waals surface area contributed by atoms with E-state index in [0.717, 1.165) is 25.3 Å². The number of benzene rings is 1. The van der Waals surface area contributed by atoms with Gasteiger partial charge in [-0.05, 0) is 45.8 Å². The van der Waals surface area contributed by atoms with Crippen molar-refractivity contribution in [2.75, 3.05) is 7.11 Å². The molecular weight excluding hydrogens is 406 g/mol. The number of pyridine rings is 1. The van der Waals surface area contributed by atoms with Crippen molar-refractivity contribution >= 4 is 49.6 Å². The molecule has 1 aromatic carbocycles. The molecule has 1 heterocycles. The van der Waals surface area contributed by atoms with Crippen molar-refractivity contribution in [3.63, 3.8) is 0 Å². The lowest BCUT2D eigenvalue weighted by atomic mass is 10.1. The van der Waals surface area contributed by atoms with E-state index in [1.54, 1.807) is 30.1 Å². The fourth-order valence-corrected chi connectivity index (χ4v) is 3.29. The van der Waals surface area contributed by atoms with Gasteiger partial charge in [-0.3, -0.25) is 0 Å². The van der Waals surface area contributed by atoms with Crippen molar-refractivity contribution in [1.82, 2.24) is 4.98 Å². The Kier molecular flexibility index (Phi) is 5.63. The summed E-state index contributed by atoms with van der Waals surface area (Å²) in [6, 6.07) is 9.39. The summed E-state index contributed by atoms with van der Waals surface area (Å²) >= 11 is 8.48. The van der Waals surface area contributed by atoms with Gasteiger partial charge in [-0.2, -0.15) is 0 Å². The summed E-state index contributed by atoms with van der Waals surface area (Å²) in [5.74, 6) is 0.441. The van der Waals surface area contributed by atoms with Crippen LogP contribution in [0.4, 0.5) is 0 Å². The highest BCUT2D eigenvalue weighted by atomic mass is 79.9. The normalized spacial score (nSPS) is 10.3. The Morgan fingerprint density at radius 1 is 1.30 bits per heavy atom. The van der Waals surface area contributed by atoms with Gasteiger partial charge < -0.3 is 4.74 Å². The lowest BCUT2D eigenvalue weighted by Gasteiger charge is -2.06. The first-order chi connectivity index (χ1) is 9.60. The molecule has 0 amide bonds. The Bertz CT molecular complexity index is 617. The van der Waals surface area contributed by atoms with Crippen molar-refractivity contribution in [2.45, 2.75) is 10.8 Å². The highest BCUT2D eigenvalue weighted by Crippen LogP contribution is 2.27. The third kappa shape index (κ3) is 4.07. The largest absolute Gasteiger partial charge is 0.465 e. The molecule has 0 spiro atoms. The zero-order chi connectivity index (χ0) is 14.5. The molecular formula is C14H11Br2NO2S. The Labute approximate surface area is 138 Å². The highest BCUT2D eigenvalue weighted by Gasteiger charge is 2.09. The van der Waals surface area contributed by atoms with Crippen molar-refractivity contribution < 1.29 is 9.53 Å². The van der Waals surface area contributed by atoms with Gasteiger partial charge in [0.1, 0.15) is 0 Å². The molecule has 6 heteroatoms.